The van der Waals surface area contributed by atoms with Crippen molar-refractivity contribution in [2.24, 2.45) is 5.92 Å². The van der Waals surface area contributed by atoms with Gasteiger partial charge in [0.2, 0.25) is 0 Å². The number of carbonyl (C=O) groups is 1. The van der Waals surface area contributed by atoms with Crippen molar-refractivity contribution in [3.05, 3.63) is 0 Å². The highest BCUT2D eigenvalue weighted by molar-refractivity contribution is 5.72. The standard InChI is InChI=1S/C13H23NO2/c1-12(2,3)16-11(15)9-14-13-6-4-10(8-13)5-7-13/h10,14H,4-9H2,1-3H3. The molecule has 2 aliphatic carbocycles. The fraction of sp³-hybridized carbons (Fsp3) is 0.923. The molecule has 0 aromatic rings. The van der Waals surface area contributed by atoms with E-state index in [0.717, 1.165) is 5.92 Å². The summed E-state index contributed by atoms with van der Waals surface area (Å²) in [5, 5.41) is 3.43. The van der Waals surface area contributed by atoms with Gasteiger partial charge in [-0.2, -0.15) is 0 Å². The summed E-state index contributed by atoms with van der Waals surface area (Å²) in [6.07, 6.45) is 6.40. The highest BCUT2D eigenvalue weighted by atomic mass is 16.6. The van der Waals surface area contributed by atoms with Crippen molar-refractivity contribution < 1.29 is 9.53 Å². The molecule has 0 saturated heterocycles. The normalized spacial score (nSPS) is 33.1. The zero-order valence-corrected chi connectivity index (χ0v) is 10.6. The van der Waals surface area contributed by atoms with Crippen LogP contribution in [0.1, 0.15) is 52.9 Å². The van der Waals surface area contributed by atoms with Crippen molar-refractivity contribution in [3.8, 4) is 0 Å². The van der Waals surface area contributed by atoms with E-state index in [2.05, 4.69) is 5.32 Å². The number of hydrogen-bond donors (Lipinski definition) is 1. The van der Waals surface area contributed by atoms with Crippen LogP contribution >= 0.6 is 0 Å². The SMILES string of the molecule is CC(C)(C)OC(=O)CNC12CCC(CC1)C2. The molecule has 0 aromatic carbocycles. The third-order valence-corrected chi connectivity index (χ3v) is 3.77. The Morgan fingerprint density at radius 2 is 2.00 bits per heavy atom. The minimum absolute atomic E-state index is 0.128. The number of carbonyl (C=O) groups excluding carboxylic acids is 1. The quantitative estimate of drug-likeness (QED) is 0.749. The number of hydrogen-bond acceptors (Lipinski definition) is 3. The summed E-state index contributed by atoms with van der Waals surface area (Å²) in [5.41, 5.74) is -0.105. The Morgan fingerprint density at radius 3 is 2.44 bits per heavy atom. The van der Waals surface area contributed by atoms with E-state index in [-0.39, 0.29) is 17.1 Å². The molecule has 0 aromatic heterocycles. The second-order valence-corrected chi connectivity index (χ2v) is 6.37. The number of ether oxygens (including phenoxy) is 1. The fourth-order valence-electron chi connectivity index (χ4n) is 3.08. The zero-order chi connectivity index (χ0) is 11.8. The van der Waals surface area contributed by atoms with Crippen molar-refractivity contribution in [3.63, 3.8) is 0 Å². The molecule has 2 saturated carbocycles. The van der Waals surface area contributed by atoms with E-state index in [9.17, 15) is 4.79 Å². The van der Waals surface area contributed by atoms with Crippen LogP contribution in [0.25, 0.3) is 0 Å². The zero-order valence-electron chi connectivity index (χ0n) is 10.6. The van der Waals surface area contributed by atoms with Gasteiger partial charge in [0.15, 0.2) is 0 Å². The lowest BCUT2D eigenvalue weighted by atomic mass is 9.94. The Bertz CT molecular complexity index is 272. The molecule has 2 fully saturated rings. The molecule has 0 aliphatic heterocycles. The minimum Gasteiger partial charge on any atom is -0.459 e. The molecule has 1 N–H and O–H groups in total. The number of esters is 1. The molecule has 0 amide bonds. The lowest BCUT2D eigenvalue weighted by Crippen LogP contribution is -2.45. The Hall–Kier alpha value is -0.570. The van der Waals surface area contributed by atoms with Gasteiger partial charge in [0.25, 0.3) is 0 Å². The highest BCUT2D eigenvalue weighted by Crippen LogP contribution is 2.47. The first-order valence-electron chi connectivity index (χ1n) is 6.35. The molecule has 3 heteroatoms. The first kappa shape index (κ1) is 11.9. The van der Waals surface area contributed by atoms with E-state index in [1.165, 1.54) is 32.1 Å². The van der Waals surface area contributed by atoms with Crippen LogP contribution in [0.3, 0.4) is 0 Å². The van der Waals surface area contributed by atoms with Crippen LogP contribution in [0.15, 0.2) is 0 Å². The van der Waals surface area contributed by atoms with Gasteiger partial charge in [0, 0.05) is 5.54 Å². The van der Waals surface area contributed by atoms with E-state index in [0.29, 0.717) is 6.54 Å². The number of fused-ring (bicyclic) bond motifs is 2. The topological polar surface area (TPSA) is 38.3 Å². The van der Waals surface area contributed by atoms with Crippen LogP contribution in [0.2, 0.25) is 0 Å². The summed E-state index contributed by atoms with van der Waals surface area (Å²) in [6.45, 7) is 6.09. The summed E-state index contributed by atoms with van der Waals surface area (Å²) >= 11 is 0. The van der Waals surface area contributed by atoms with Crippen LogP contribution in [0.5, 0.6) is 0 Å². The lowest BCUT2D eigenvalue weighted by Gasteiger charge is -2.28. The molecule has 0 heterocycles. The van der Waals surface area contributed by atoms with Gasteiger partial charge in [0.05, 0.1) is 6.54 Å². The van der Waals surface area contributed by atoms with Crippen molar-refractivity contribution in [2.75, 3.05) is 6.54 Å². The summed E-state index contributed by atoms with van der Waals surface area (Å²) in [4.78, 5) is 11.6. The highest BCUT2D eigenvalue weighted by Gasteiger charge is 2.44. The molecule has 92 valence electrons. The van der Waals surface area contributed by atoms with Gasteiger partial charge in [-0.1, -0.05) is 0 Å². The molecule has 0 unspecified atom stereocenters. The van der Waals surface area contributed by atoms with E-state index >= 15 is 0 Å². The van der Waals surface area contributed by atoms with E-state index < -0.39 is 0 Å². The van der Waals surface area contributed by atoms with Crippen LogP contribution in [-0.4, -0.2) is 23.7 Å². The van der Waals surface area contributed by atoms with Gasteiger partial charge in [-0.05, 0) is 58.8 Å². The number of rotatable bonds is 3. The van der Waals surface area contributed by atoms with Gasteiger partial charge < -0.3 is 10.1 Å². The second kappa shape index (κ2) is 4.02. The molecule has 2 rings (SSSR count). The monoisotopic (exact) mass is 225 g/mol. The predicted molar refractivity (Wildman–Crippen MR) is 63.2 cm³/mol. The Balaban J connectivity index is 1.77. The smallest absolute Gasteiger partial charge is 0.320 e. The van der Waals surface area contributed by atoms with Crippen molar-refractivity contribution >= 4 is 5.97 Å². The van der Waals surface area contributed by atoms with E-state index in [1.807, 2.05) is 20.8 Å². The van der Waals surface area contributed by atoms with Crippen molar-refractivity contribution in [1.82, 2.24) is 5.32 Å². The maximum Gasteiger partial charge on any atom is 0.320 e. The van der Waals surface area contributed by atoms with Gasteiger partial charge in [-0.25, -0.2) is 0 Å². The van der Waals surface area contributed by atoms with Crippen molar-refractivity contribution in [1.29, 1.82) is 0 Å². The van der Waals surface area contributed by atoms with Crippen LogP contribution in [0, 0.1) is 5.92 Å². The lowest BCUT2D eigenvalue weighted by molar-refractivity contribution is -0.154. The van der Waals surface area contributed by atoms with E-state index in [1.54, 1.807) is 0 Å². The van der Waals surface area contributed by atoms with Gasteiger partial charge in [0.1, 0.15) is 5.60 Å². The third-order valence-electron chi connectivity index (χ3n) is 3.77. The Morgan fingerprint density at radius 1 is 1.38 bits per heavy atom. The van der Waals surface area contributed by atoms with Gasteiger partial charge in [-0.15, -0.1) is 0 Å². The molecular formula is C13H23NO2. The van der Waals surface area contributed by atoms with E-state index in [4.69, 9.17) is 4.74 Å². The predicted octanol–water partition coefficient (Wildman–Crippen LogP) is 2.25. The Kier molecular flexibility index (Phi) is 2.99. The average molecular weight is 225 g/mol. The molecule has 0 spiro atoms. The van der Waals surface area contributed by atoms with Gasteiger partial charge >= 0.3 is 5.97 Å². The average Bonchev–Trinajstić information content (AvgIpc) is 2.72. The summed E-state index contributed by atoms with van der Waals surface area (Å²) in [6, 6.07) is 0. The van der Waals surface area contributed by atoms with Crippen LogP contribution in [-0.2, 0) is 9.53 Å². The van der Waals surface area contributed by atoms with Crippen LogP contribution < -0.4 is 5.32 Å². The van der Waals surface area contributed by atoms with Crippen LogP contribution in [0.4, 0.5) is 0 Å². The summed E-state index contributed by atoms with van der Waals surface area (Å²) in [5.74, 6) is 0.781. The number of nitrogens with one attached hydrogen (secondary N) is 1. The maximum atomic E-state index is 11.6. The molecule has 3 nitrogen and oxygen atoms in total. The molecular weight excluding hydrogens is 202 g/mol. The molecule has 16 heavy (non-hydrogen) atoms. The minimum atomic E-state index is -0.371. The molecule has 2 aliphatic rings. The molecule has 0 atom stereocenters. The summed E-state index contributed by atoms with van der Waals surface area (Å²) in [7, 11) is 0. The second-order valence-electron chi connectivity index (χ2n) is 6.37. The Labute approximate surface area is 97.9 Å². The fourth-order valence-corrected chi connectivity index (χ4v) is 3.08. The third kappa shape index (κ3) is 2.76. The molecule has 0 radical (unpaired) electrons. The van der Waals surface area contributed by atoms with Crippen molar-refractivity contribution in [2.45, 2.75) is 64.0 Å². The maximum absolute atomic E-state index is 11.6. The van der Waals surface area contributed by atoms with Gasteiger partial charge in [-0.3, -0.25) is 4.79 Å². The first-order chi connectivity index (χ1) is 7.39. The first-order valence-corrected chi connectivity index (χ1v) is 6.35. The summed E-state index contributed by atoms with van der Waals surface area (Å²) < 4.78 is 5.30. The largest absolute Gasteiger partial charge is 0.459 e. The molecule has 2 bridgehead atoms.